The summed E-state index contributed by atoms with van der Waals surface area (Å²) < 4.78 is 5.13. The smallest absolute Gasteiger partial charge is 0.341 e. The van der Waals surface area contributed by atoms with E-state index in [9.17, 15) is 9.59 Å². The van der Waals surface area contributed by atoms with E-state index in [0.717, 1.165) is 12.8 Å². The summed E-state index contributed by atoms with van der Waals surface area (Å²) in [5, 5.41) is 11.6. The molecule has 5 heteroatoms. The normalized spacial score (nSPS) is 16.0. The fourth-order valence-electron chi connectivity index (χ4n) is 3.16. The van der Waals surface area contributed by atoms with Gasteiger partial charge in [0.25, 0.3) is 0 Å². The van der Waals surface area contributed by atoms with Gasteiger partial charge in [0.15, 0.2) is 6.61 Å². The van der Waals surface area contributed by atoms with Crippen LogP contribution in [-0.4, -0.2) is 23.6 Å². The van der Waals surface area contributed by atoms with Crippen LogP contribution in [0.5, 0.6) is 5.75 Å². The Kier molecular flexibility index (Phi) is 6.44. The number of ether oxygens (including phenoxy) is 1. The molecular formula is C18H25NO4. The molecule has 1 aromatic rings. The second-order valence-corrected chi connectivity index (χ2v) is 6.19. The largest absolute Gasteiger partial charge is 0.482 e. The van der Waals surface area contributed by atoms with Crippen LogP contribution in [0.4, 0.5) is 5.69 Å². The molecule has 1 aromatic carbocycles. The summed E-state index contributed by atoms with van der Waals surface area (Å²) >= 11 is 0. The van der Waals surface area contributed by atoms with Crippen molar-refractivity contribution in [2.45, 2.75) is 45.4 Å². The Balaban J connectivity index is 1.92. The quantitative estimate of drug-likeness (QED) is 0.766. The highest BCUT2D eigenvalue weighted by Gasteiger charge is 2.24. The van der Waals surface area contributed by atoms with Gasteiger partial charge in [0.05, 0.1) is 0 Å². The lowest BCUT2D eigenvalue weighted by atomic mass is 9.91. The average Bonchev–Trinajstić information content (AvgIpc) is 3.04. The summed E-state index contributed by atoms with van der Waals surface area (Å²) in [6.07, 6.45) is 6.83. The summed E-state index contributed by atoms with van der Waals surface area (Å²) in [4.78, 5) is 23.0. The number of hydrogen-bond acceptors (Lipinski definition) is 3. The third-order valence-electron chi connectivity index (χ3n) is 4.42. The van der Waals surface area contributed by atoms with E-state index < -0.39 is 12.6 Å². The molecule has 0 heterocycles. The minimum atomic E-state index is -1.03. The highest BCUT2D eigenvalue weighted by molar-refractivity contribution is 5.92. The van der Waals surface area contributed by atoms with E-state index in [2.05, 4.69) is 5.32 Å². The second kappa shape index (κ2) is 8.56. The lowest BCUT2D eigenvalue weighted by Gasteiger charge is -2.19. The SMILES string of the molecule is CCC(CC1CCCC1)C(=O)Nc1cccc(OCC(=O)O)c1. The van der Waals surface area contributed by atoms with Crippen molar-refractivity contribution < 1.29 is 19.4 Å². The zero-order valence-electron chi connectivity index (χ0n) is 13.6. The predicted molar refractivity (Wildman–Crippen MR) is 88.6 cm³/mol. The Morgan fingerprint density at radius 1 is 1.35 bits per heavy atom. The molecule has 2 N–H and O–H groups in total. The Hall–Kier alpha value is -2.04. The molecule has 1 unspecified atom stereocenters. The maximum absolute atomic E-state index is 12.5. The molecule has 0 aliphatic heterocycles. The number of amides is 1. The fraction of sp³-hybridized carbons (Fsp3) is 0.556. The lowest BCUT2D eigenvalue weighted by Crippen LogP contribution is -2.24. The first kappa shape index (κ1) is 17.3. The fourth-order valence-corrected chi connectivity index (χ4v) is 3.16. The summed E-state index contributed by atoms with van der Waals surface area (Å²) in [5.41, 5.74) is 0.641. The molecule has 0 spiro atoms. The van der Waals surface area contributed by atoms with Gasteiger partial charge in [0.1, 0.15) is 5.75 Å². The Bertz CT molecular complexity index is 538. The van der Waals surface area contributed by atoms with Crippen molar-refractivity contribution in [3.63, 3.8) is 0 Å². The monoisotopic (exact) mass is 319 g/mol. The van der Waals surface area contributed by atoms with E-state index in [1.54, 1.807) is 24.3 Å². The standard InChI is InChI=1S/C18H25NO4/c1-2-14(10-13-6-3-4-7-13)18(22)19-15-8-5-9-16(11-15)23-12-17(20)21/h5,8-9,11,13-14H,2-4,6-7,10,12H2,1H3,(H,19,22)(H,20,21). The molecule has 0 aromatic heterocycles. The van der Waals surface area contributed by atoms with Gasteiger partial charge >= 0.3 is 5.97 Å². The number of carbonyl (C=O) groups is 2. The first-order valence-corrected chi connectivity index (χ1v) is 8.34. The number of benzene rings is 1. The van der Waals surface area contributed by atoms with Crippen molar-refractivity contribution in [3.8, 4) is 5.75 Å². The van der Waals surface area contributed by atoms with Crippen LogP contribution in [0.2, 0.25) is 0 Å². The van der Waals surface area contributed by atoms with E-state index >= 15 is 0 Å². The van der Waals surface area contributed by atoms with Crippen LogP contribution in [0.1, 0.15) is 45.4 Å². The lowest BCUT2D eigenvalue weighted by molar-refractivity contribution is -0.139. The second-order valence-electron chi connectivity index (χ2n) is 6.19. The highest BCUT2D eigenvalue weighted by Crippen LogP contribution is 2.31. The summed E-state index contributed by atoms with van der Waals surface area (Å²) in [5.74, 6) is 0.156. The number of carboxylic acids is 1. The van der Waals surface area contributed by atoms with Crippen molar-refractivity contribution in [2.75, 3.05) is 11.9 Å². The number of carbonyl (C=O) groups excluding carboxylic acids is 1. The molecule has 23 heavy (non-hydrogen) atoms. The summed E-state index contributed by atoms with van der Waals surface area (Å²) in [6, 6.07) is 6.86. The first-order valence-electron chi connectivity index (χ1n) is 8.34. The predicted octanol–water partition coefficient (Wildman–Crippen LogP) is 3.70. The first-order chi connectivity index (χ1) is 11.1. The van der Waals surface area contributed by atoms with Crippen molar-refractivity contribution in [3.05, 3.63) is 24.3 Å². The van der Waals surface area contributed by atoms with Crippen LogP contribution < -0.4 is 10.1 Å². The molecule has 1 atom stereocenters. The molecule has 0 saturated heterocycles. The van der Waals surface area contributed by atoms with E-state index in [1.165, 1.54) is 25.7 Å². The Morgan fingerprint density at radius 3 is 2.74 bits per heavy atom. The maximum atomic E-state index is 12.5. The van der Waals surface area contributed by atoms with Gasteiger partial charge in [-0.2, -0.15) is 0 Å². The van der Waals surface area contributed by atoms with Crippen LogP contribution in [0, 0.1) is 11.8 Å². The van der Waals surface area contributed by atoms with Gasteiger partial charge in [-0.05, 0) is 30.9 Å². The topological polar surface area (TPSA) is 75.6 Å². The van der Waals surface area contributed by atoms with Gasteiger partial charge in [-0.15, -0.1) is 0 Å². The molecule has 0 bridgehead atoms. The zero-order valence-corrected chi connectivity index (χ0v) is 13.6. The number of carboxylic acid groups (broad SMARTS) is 1. The number of aliphatic carboxylic acids is 1. The third kappa shape index (κ3) is 5.58. The maximum Gasteiger partial charge on any atom is 0.341 e. The molecule has 1 aliphatic carbocycles. The molecule has 0 radical (unpaired) electrons. The number of nitrogens with one attached hydrogen (secondary N) is 1. The number of hydrogen-bond donors (Lipinski definition) is 2. The van der Waals surface area contributed by atoms with E-state index in [0.29, 0.717) is 17.4 Å². The van der Waals surface area contributed by atoms with Gasteiger partial charge in [-0.25, -0.2) is 4.79 Å². The van der Waals surface area contributed by atoms with Crippen LogP contribution in [0.15, 0.2) is 24.3 Å². The van der Waals surface area contributed by atoms with Crippen molar-refractivity contribution in [1.82, 2.24) is 0 Å². The third-order valence-corrected chi connectivity index (χ3v) is 4.42. The van der Waals surface area contributed by atoms with Crippen LogP contribution >= 0.6 is 0 Å². The van der Waals surface area contributed by atoms with E-state index in [4.69, 9.17) is 9.84 Å². The van der Waals surface area contributed by atoms with Gasteiger partial charge in [-0.3, -0.25) is 4.79 Å². The molecule has 1 saturated carbocycles. The van der Waals surface area contributed by atoms with Crippen molar-refractivity contribution >= 4 is 17.6 Å². The van der Waals surface area contributed by atoms with Gasteiger partial charge in [-0.1, -0.05) is 38.7 Å². The molecule has 126 valence electrons. The number of anilines is 1. The van der Waals surface area contributed by atoms with Crippen LogP contribution in [-0.2, 0) is 9.59 Å². The summed E-state index contributed by atoms with van der Waals surface area (Å²) in [6.45, 7) is 1.66. The zero-order chi connectivity index (χ0) is 16.7. The number of rotatable bonds is 8. The summed E-state index contributed by atoms with van der Waals surface area (Å²) in [7, 11) is 0. The molecule has 1 fully saturated rings. The minimum absolute atomic E-state index is 0.0293. The van der Waals surface area contributed by atoms with Crippen molar-refractivity contribution in [2.24, 2.45) is 11.8 Å². The Labute approximate surface area is 137 Å². The molecule has 1 aliphatic rings. The van der Waals surface area contributed by atoms with E-state index in [1.807, 2.05) is 6.92 Å². The van der Waals surface area contributed by atoms with Gasteiger partial charge in [0, 0.05) is 17.7 Å². The van der Waals surface area contributed by atoms with Gasteiger partial charge < -0.3 is 15.2 Å². The molecule has 2 rings (SSSR count). The average molecular weight is 319 g/mol. The van der Waals surface area contributed by atoms with E-state index in [-0.39, 0.29) is 11.8 Å². The highest BCUT2D eigenvalue weighted by atomic mass is 16.5. The van der Waals surface area contributed by atoms with Gasteiger partial charge in [0.2, 0.25) is 5.91 Å². The molecular weight excluding hydrogens is 294 g/mol. The van der Waals surface area contributed by atoms with Crippen molar-refractivity contribution in [1.29, 1.82) is 0 Å². The van der Waals surface area contributed by atoms with Crippen LogP contribution in [0.3, 0.4) is 0 Å². The minimum Gasteiger partial charge on any atom is -0.482 e. The Morgan fingerprint density at radius 2 is 2.09 bits per heavy atom. The molecule has 1 amide bonds. The molecule has 5 nitrogen and oxygen atoms in total. The van der Waals surface area contributed by atoms with Crippen LogP contribution in [0.25, 0.3) is 0 Å².